The molecule has 7 heteroatoms. The first-order chi connectivity index (χ1) is 11.2. The molecule has 0 aliphatic rings. The van der Waals surface area contributed by atoms with Gasteiger partial charge in [0, 0.05) is 5.56 Å². The molecule has 6 nitrogen and oxygen atoms in total. The Kier molecular flexibility index (Phi) is 4.58. The zero-order valence-corrected chi connectivity index (χ0v) is 13.3. The number of oxime groups is 1. The number of aryl methyl sites for hydroxylation is 1. The van der Waals surface area contributed by atoms with Crippen molar-refractivity contribution in [3.05, 3.63) is 71.2 Å². The quantitative estimate of drug-likeness (QED) is 0.576. The number of hydrogen-bond donors (Lipinski definition) is 1. The summed E-state index contributed by atoms with van der Waals surface area (Å²) in [5.74, 6) is 0.456. The summed E-state index contributed by atoms with van der Waals surface area (Å²) >= 11 is 1.16. The molecular weight excluding hydrogens is 310 g/mol. The molecule has 3 rings (SSSR count). The molecular formula is C16H15N5OS. The Balaban J connectivity index is 1.85. The van der Waals surface area contributed by atoms with Crippen LogP contribution in [0.15, 0.2) is 53.7 Å². The summed E-state index contributed by atoms with van der Waals surface area (Å²) in [7, 11) is 0. The number of nitrogens with two attached hydrogens (primary N) is 1. The molecule has 0 saturated heterocycles. The predicted molar refractivity (Wildman–Crippen MR) is 90.2 cm³/mol. The predicted octanol–water partition coefficient (Wildman–Crippen LogP) is 2.79. The van der Waals surface area contributed by atoms with E-state index in [0.29, 0.717) is 17.2 Å². The summed E-state index contributed by atoms with van der Waals surface area (Å²) < 4.78 is 8.52. The molecule has 2 aromatic heterocycles. The Morgan fingerprint density at radius 3 is 2.65 bits per heavy atom. The van der Waals surface area contributed by atoms with Crippen molar-refractivity contribution in [1.29, 1.82) is 0 Å². The van der Waals surface area contributed by atoms with Crippen molar-refractivity contribution >= 4 is 23.3 Å². The smallest absolute Gasteiger partial charge is 0.159 e. The monoisotopic (exact) mass is 325 g/mol. The highest BCUT2D eigenvalue weighted by atomic mass is 32.1. The molecule has 0 radical (unpaired) electrons. The summed E-state index contributed by atoms with van der Waals surface area (Å²) in [6, 6.07) is 15.1. The lowest BCUT2D eigenvalue weighted by Crippen LogP contribution is -2.07. The lowest BCUT2D eigenvalue weighted by molar-refractivity contribution is 0.128. The molecule has 2 heterocycles. The number of rotatable bonds is 5. The van der Waals surface area contributed by atoms with Crippen molar-refractivity contribution in [2.75, 3.05) is 5.73 Å². The first-order valence-corrected chi connectivity index (χ1v) is 7.73. The van der Waals surface area contributed by atoms with Gasteiger partial charge in [-0.05, 0) is 19.1 Å². The van der Waals surface area contributed by atoms with Crippen LogP contribution in [-0.2, 0) is 11.4 Å². The van der Waals surface area contributed by atoms with Gasteiger partial charge in [0.25, 0.3) is 0 Å². The number of hydrogen-bond acceptors (Lipinski definition) is 7. The highest BCUT2D eigenvalue weighted by Crippen LogP contribution is 2.14. The van der Waals surface area contributed by atoms with Crippen LogP contribution in [0.5, 0.6) is 0 Å². The Morgan fingerprint density at radius 2 is 1.96 bits per heavy atom. The molecule has 0 aliphatic carbocycles. The maximum absolute atomic E-state index is 5.66. The van der Waals surface area contributed by atoms with Crippen molar-refractivity contribution in [1.82, 2.24) is 13.7 Å². The molecule has 0 aliphatic heterocycles. The molecule has 1 aromatic carbocycles. The lowest BCUT2D eigenvalue weighted by atomic mass is 10.1. The van der Waals surface area contributed by atoms with E-state index in [9.17, 15) is 0 Å². The maximum Gasteiger partial charge on any atom is 0.159 e. The van der Waals surface area contributed by atoms with Gasteiger partial charge in [0.1, 0.15) is 17.2 Å². The number of nitrogen functional groups attached to an aromatic ring is 1. The van der Waals surface area contributed by atoms with Crippen molar-refractivity contribution in [2.45, 2.75) is 13.5 Å². The fourth-order valence-electron chi connectivity index (χ4n) is 2.02. The van der Waals surface area contributed by atoms with E-state index >= 15 is 0 Å². The summed E-state index contributed by atoms with van der Waals surface area (Å²) in [5.41, 5.74) is 9.50. The van der Waals surface area contributed by atoms with Crippen LogP contribution in [0.25, 0.3) is 0 Å². The SMILES string of the molecule is Cc1nsnc1/C(=N\OCc1cccc(N)n1)c1ccccc1. The number of benzene rings is 1. The third-order valence-corrected chi connectivity index (χ3v) is 3.74. The average Bonchev–Trinajstić information content (AvgIpc) is 2.98. The van der Waals surface area contributed by atoms with Crippen LogP contribution in [0, 0.1) is 6.92 Å². The van der Waals surface area contributed by atoms with E-state index in [1.165, 1.54) is 0 Å². The molecule has 2 N–H and O–H groups in total. The van der Waals surface area contributed by atoms with Crippen LogP contribution < -0.4 is 5.73 Å². The lowest BCUT2D eigenvalue weighted by Gasteiger charge is -2.05. The van der Waals surface area contributed by atoms with E-state index in [4.69, 9.17) is 10.6 Å². The number of anilines is 1. The van der Waals surface area contributed by atoms with Crippen molar-refractivity contribution in [3.8, 4) is 0 Å². The van der Waals surface area contributed by atoms with Crippen LogP contribution in [0.2, 0.25) is 0 Å². The second kappa shape index (κ2) is 6.97. The fraction of sp³-hybridized carbons (Fsp3) is 0.125. The van der Waals surface area contributed by atoms with E-state index in [-0.39, 0.29) is 6.61 Å². The van der Waals surface area contributed by atoms with Crippen molar-refractivity contribution in [3.63, 3.8) is 0 Å². The zero-order chi connectivity index (χ0) is 16.1. The van der Waals surface area contributed by atoms with Crippen LogP contribution in [0.4, 0.5) is 5.82 Å². The van der Waals surface area contributed by atoms with Gasteiger partial charge in [-0.3, -0.25) is 0 Å². The van der Waals surface area contributed by atoms with Gasteiger partial charge >= 0.3 is 0 Å². The van der Waals surface area contributed by atoms with Crippen LogP contribution in [0.1, 0.15) is 22.6 Å². The van der Waals surface area contributed by atoms with Gasteiger partial charge in [0.15, 0.2) is 6.61 Å². The molecule has 0 spiro atoms. The summed E-state index contributed by atoms with van der Waals surface area (Å²) in [4.78, 5) is 9.66. The minimum absolute atomic E-state index is 0.234. The Morgan fingerprint density at radius 1 is 1.13 bits per heavy atom. The van der Waals surface area contributed by atoms with E-state index < -0.39 is 0 Å². The van der Waals surface area contributed by atoms with Gasteiger partial charge in [-0.2, -0.15) is 8.75 Å². The molecule has 0 unspecified atom stereocenters. The highest BCUT2D eigenvalue weighted by molar-refractivity contribution is 6.99. The minimum Gasteiger partial charge on any atom is -0.389 e. The van der Waals surface area contributed by atoms with Crippen LogP contribution in [0.3, 0.4) is 0 Å². The van der Waals surface area contributed by atoms with Crippen LogP contribution >= 0.6 is 11.7 Å². The molecule has 116 valence electrons. The summed E-state index contributed by atoms with van der Waals surface area (Å²) in [5, 5.41) is 4.26. The van der Waals surface area contributed by atoms with Crippen molar-refractivity contribution in [2.24, 2.45) is 5.16 Å². The number of nitrogens with zero attached hydrogens (tertiary/aromatic N) is 4. The van der Waals surface area contributed by atoms with Gasteiger partial charge in [-0.15, -0.1) is 0 Å². The van der Waals surface area contributed by atoms with Gasteiger partial charge in [-0.25, -0.2) is 4.98 Å². The van der Waals surface area contributed by atoms with E-state index in [0.717, 1.165) is 28.7 Å². The third kappa shape index (κ3) is 3.70. The van der Waals surface area contributed by atoms with Gasteiger partial charge in [-0.1, -0.05) is 41.6 Å². The molecule has 0 saturated carbocycles. The topological polar surface area (TPSA) is 86.3 Å². The van der Waals surface area contributed by atoms with Gasteiger partial charge < -0.3 is 10.6 Å². The van der Waals surface area contributed by atoms with E-state index in [2.05, 4.69) is 18.9 Å². The molecule has 0 atom stereocenters. The Hall–Kier alpha value is -2.80. The molecule has 23 heavy (non-hydrogen) atoms. The van der Waals surface area contributed by atoms with E-state index in [1.807, 2.05) is 49.4 Å². The second-order valence-electron chi connectivity index (χ2n) is 4.83. The first kappa shape index (κ1) is 15.1. The van der Waals surface area contributed by atoms with Gasteiger partial charge in [0.2, 0.25) is 0 Å². The third-order valence-electron chi connectivity index (χ3n) is 3.12. The summed E-state index contributed by atoms with van der Waals surface area (Å²) in [6.45, 7) is 2.13. The fourth-order valence-corrected chi connectivity index (χ4v) is 2.57. The largest absolute Gasteiger partial charge is 0.389 e. The molecule has 0 bridgehead atoms. The molecule has 0 fully saturated rings. The highest BCUT2D eigenvalue weighted by Gasteiger charge is 2.14. The first-order valence-electron chi connectivity index (χ1n) is 7.00. The molecule has 3 aromatic rings. The standard InChI is InChI=1S/C16H15N5OS/c1-11-15(21-23-20-11)16(12-6-3-2-4-7-12)19-22-10-13-8-5-9-14(17)18-13/h2-9H,10H2,1H3,(H2,17,18)/b19-16-. The van der Waals surface area contributed by atoms with Crippen molar-refractivity contribution < 1.29 is 4.84 Å². The summed E-state index contributed by atoms with van der Waals surface area (Å²) in [6.07, 6.45) is 0. The second-order valence-corrected chi connectivity index (χ2v) is 5.36. The zero-order valence-electron chi connectivity index (χ0n) is 12.5. The molecule has 0 amide bonds. The van der Waals surface area contributed by atoms with Crippen LogP contribution in [-0.4, -0.2) is 19.4 Å². The Bertz CT molecular complexity index is 816. The normalized spacial score (nSPS) is 11.4. The van der Waals surface area contributed by atoms with Gasteiger partial charge in [0.05, 0.1) is 23.1 Å². The van der Waals surface area contributed by atoms with E-state index in [1.54, 1.807) is 6.07 Å². The Labute approximate surface area is 138 Å². The maximum atomic E-state index is 5.66. The average molecular weight is 325 g/mol. The minimum atomic E-state index is 0.234. The number of pyridine rings is 1. The number of aromatic nitrogens is 3.